The van der Waals surface area contributed by atoms with E-state index in [0.29, 0.717) is 18.8 Å². The van der Waals surface area contributed by atoms with Crippen LogP contribution in [0.2, 0.25) is 0 Å². The summed E-state index contributed by atoms with van der Waals surface area (Å²) < 4.78 is 10.9. The Hall–Kier alpha value is -2.64. The number of ether oxygens (including phenoxy) is 2. The first-order chi connectivity index (χ1) is 11.4. The molecule has 0 saturated carbocycles. The summed E-state index contributed by atoms with van der Waals surface area (Å²) in [5, 5.41) is 18.3. The number of hydrogen-bond acceptors (Lipinski definition) is 4. The fraction of sp³-hybridized carbons (Fsp3) is 0.500. The average Bonchev–Trinajstić information content (AvgIpc) is 2.55. The van der Waals surface area contributed by atoms with Crippen molar-refractivity contribution in [3.05, 3.63) is 23.8 Å². The van der Waals surface area contributed by atoms with Gasteiger partial charge in [0.1, 0.15) is 11.5 Å². The molecule has 1 aromatic rings. The zero-order chi connectivity index (χ0) is 17.7. The topological polar surface area (TPSA) is 99.5 Å². The van der Waals surface area contributed by atoms with Crippen LogP contribution in [0.5, 0.6) is 11.5 Å². The molecule has 1 fully saturated rings. The Morgan fingerprint density at radius 3 is 2.58 bits per heavy atom. The van der Waals surface area contributed by atoms with Crippen molar-refractivity contribution in [1.29, 1.82) is 0 Å². The lowest BCUT2D eigenvalue weighted by Crippen LogP contribution is -2.56. The molecule has 0 spiro atoms. The average molecular weight is 338 g/mol. The normalized spacial score (nSPS) is 17.5. The van der Waals surface area contributed by atoms with E-state index in [1.54, 1.807) is 19.2 Å². The fourth-order valence-electron chi connectivity index (χ4n) is 2.74. The number of aryl methyl sites for hydroxylation is 1. The van der Waals surface area contributed by atoms with Gasteiger partial charge < -0.3 is 29.5 Å². The molecule has 2 rings (SSSR count). The summed E-state index contributed by atoms with van der Waals surface area (Å²) in [6.07, 6.45) is -1.65. The minimum absolute atomic E-state index is 0.159. The molecule has 0 aromatic heterocycles. The Morgan fingerprint density at radius 1 is 1.25 bits per heavy atom. The third-order valence-electron chi connectivity index (χ3n) is 4.09. The minimum Gasteiger partial charge on any atom is -0.497 e. The first-order valence-corrected chi connectivity index (χ1v) is 7.67. The Morgan fingerprint density at radius 2 is 2.00 bits per heavy atom. The summed E-state index contributed by atoms with van der Waals surface area (Å²) in [6, 6.07) is 5.03. The number of carboxylic acid groups (broad SMARTS) is 2. The van der Waals surface area contributed by atoms with Crippen LogP contribution in [0.4, 0.5) is 9.59 Å². The summed E-state index contributed by atoms with van der Waals surface area (Å²) in [4.78, 5) is 24.9. The SMILES string of the molecule is COc1ccc(OCC[C@@H]2CN(C(=O)O)CCN2C(=O)O)c(C)c1. The van der Waals surface area contributed by atoms with Gasteiger partial charge in [-0.15, -0.1) is 0 Å². The largest absolute Gasteiger partial charge is 0.497 e. The van der Waals surface area contributed by atoms with Crippen LogP contribution in [0.1, 0.15) is 12.0 Å². The van der Waals surface area contributed by atoms with Crippen LogP contribution in [0.15, 0.2) is 18.2 Å². The van der Waals surface area contributed by atoms with Crippen LogP contribution in [0, 0.1) is 6.92 Å². The quantitative estimate of drug-likeness (QED) is 0.853. The number of rotatable bonds is 5. The number of methoxy groups -OCH3 is 1. The number of piperazine rings is 1. The number of amides is 2. The van der Waals surface area contributed by atoms with Crippen LogP contribution < -0.4 is 9.47 Å². The molecule has 8 heteroatoms. The highest BCUT2D eigenvalue weighted by molar-refractivity contribution is 5.68. The monoisotopic (exact) mass is 338 g/mol. The second-order valence-corrected chi connectivity index (χ2v) is 5.63. The minimum atomic E-state index is -1.04. The van der Waals surface area contributed by atoms with Crippen LogP contribution in [0.25, 0.3) is 0 Å². The molecular weight excluding hydrogens is 316 g/mol. The van der Waals surface area contributed by atoms with Gasteiger partial charge in [-0.05, 0) is 30.7 Å². The second kappa shape index (κ2) is 7.76. The number of carbonyl (C=O) groups is 2. The van der Waals surface area contributed by atoms with Crippen molar-refractivity contribution in [2.24, 2.45) is 0 Å². The van der Waals surface area contributed by atoms with Gasteiger partial charge in [0.15, 0.2) is 0 Å². The Labute approximate surface area is 140 Å². The van der Waals surface area contributed by atoms with Crippen molar-refractivity contribution in [3.63, 3.8) is 0 Å². The van der Waals surface area contributed by atoms with Gasteiger partial charge >= 0.3 is 12.2 Å². The molecule has 1 heterocycles. The smallest absolute Gasteiger partial charge is 0.407 e. The first kappa shape index (κ1) is 17.7. The van der Waals surface area contributed by atoms with E-state index in [0.717, 1.165) is 11.3 Å². The van der Waals surface area contributed by atoms with E-state index >= 15 is 0 Å². The Bertz CT molecular complexity index is 606. The predicted molar refractivity (Wildman–Crippen MR) is 86.0 cm³/mol. The summed E-state index contributed by atoms with van der Waals surface area (Å²) in [5.41, 5.74) is 0.917. The molecule has 0 bridgehead atoms. The molecule has 0 aliphatic carbocycles. The van der Waals surface area contributed by atoms with Crippen molar-refractivity contribution in [2.45, 2.75) is 19.4 Å². The van der Waals surface area contributed by atoms with E-state index in [9.17, 15) is 14.7 Å². The lowest BCUT2D eigenvalue weighted by molar-refractivity contribution is 0.0562. The highest BCUT2D eigenvalue weighted by atomic mass is 16.5. The van der Waals surface area contributed by atoms with Gasteiger partial charge in [-0.1, -0.05) is 0 Å². The molecule has 132 valence electrons. The first-order valence-electron chi connectivity index (χ1n) is 7.67. The lowest BCUT2D eigenvalue weighted by Gasteiger charge is -2.38. The van der Waals surface area contributed by atoms with Crippen molar-refractivity contribution in [3.8, 4) is 11.5 Å². The van der Waals surface area contributed by atoms with Crippen molar-refractivity contribution in [2.75, 3.05) is 33.4 Å². The van der Waals surface area contributed by atoms with Crippen LogP contribution in [-0.4, -0.2) is 71.6 Å². The second-order valence-electron chi connectivity index (χ2n) is 5.63. The molecule has 1 atom stereocenters. The zero-order valence-electron chi connectivity index (χ0n) is 13.8. The molecule has 1 saturated heterocycles. The zero-order valence-corrected chi connectivity index (χ0v) is 13.8. The van der Waals surface area contributed by atoms with Gasteiger partial charge in [0.2, 0.25) is 0 Å². The third-order valence-corrected chi connectivity index (χ3v) is 4.09. The summed E-state index contributed by atoms with van der Waals surface area (Å²) >= 11 is 0. The van der Waals surface area contributed by atoms with E-state index in [2.05, 4.69) is 0 Å². The Kier molecular flexibility index (Phi) is 5.73. The summed E-state index contributed by atoms with van der Waals surface area (Å²) in [6.45, 7) is 2.72. The Balaban J connectivity index is 1.95. The van der Waals surface area contributed by atoms with Gasteiger partial charge in [0.05, 0.1) is 19.8 Å². The van der Waals surface area contributed by atoms with Crippen LogP contribution in [-0.2, 0) is 0 Å². The van der Waals surface area contributed by atoms with Gasteiger partial charge in [0.25, 0.3) is 0 Å². The van der Waals surface area contributed by atoms with Crippen molar-refractivity contribution >= 4 is 12.2 Å². The third kappa shape index (κ3) is 4.21. The molecule has 24 heavy (non-hydrogen) atoms. The molecule has 2 amide bonds. The molecule has 1 aliphatic heterocycles. The van der Waals surface area contributed by atoms with E-state index < -0.39 is 18.2 Å². The standard InChI is InChI=1S/C16H22N2O6/c1-11-9-13(23-2)3-4-14(11)24-8-5-12-10-17(15(19)20)6-7-18(12)16(21)22/h3-4,9,12H,5-8,10H2,1-2H3,(H,19,20)(H,21,22)/t12-/m1/s1. The molecule has 1 aromatic carbocycles. The maximum atomic E-state index is 11.3. The molecular formula is C16H22N2O6. The highest BCUT2D eigenvalue weighted by Crippen LogP contribution is 2.23. The molecule has 1 aliphatic rings. The van der Waals surface area contributed by atoms with E-state index in [1.807, 2.05) is 13.0 Å². The molecule has 0 unspecified atom stereocenters. The van der Waals surface area contributed by atoms with E-state index in [1.165, 1.54) is 9.80 Å². The van der Waals surface area contributed by atoms with Crippen molar-refractivity contribution in [1.82, 2.24) is 9.80 Å². The van der Waals surface area contributed by atoms with Gasteiger partial charge in [0, 0.05) is 26.1 Å². The predicted octanol–water partition coefficient (Wildman–Crippen LogP) is 2.11. The van der Waals surface area contributed by atoms with Crippen molar-refractivity contribution < 1.29 is 29.3 Å². The number of benzene rings is 1. The molecule has 0 radical (unpaired) electrons. The van der Waals surface area contributed by atoms with Gasteiger partial charge in [-0.25, -0.2) is 9.59 Å². The maximum absolute atomic E-state index is 11.3. The van der Waals surface area contributed by atoms with Gasteiger partial charge in [-0.2, -0.15) is 0 Å². The molecule has 8 nitrogen and oxygen atoms in total. The number of nitrogens with zero attached hydrogens (tertiary/aromatic N) is 2. The highest BCUT2D eigenvalue weighted by Gasteiger charge is 2.32. The summed E-state index contributed by atoms with van der Waals surface area (Å²) in [5.74, 6) is 1.44. The van der Waals surface area contributed by atoms with Crippen LogP contribution >= 0.6 is 0 Å². The fourth-order valence-corrected chi connectivity index (χ4v) is 2.74. The summed E-state index contributed by atoms with van der Waals surface area (Å²) in [7, 11) is 1.59. The van der Waals surface area contributed by atoms with E-state index in [-0.39, 0.29) is 19.6 Å². The van der Waals surface area contributed by atoms with Crippen LogP contribution in [0.3, 0.4) is 0 Å². The molecule has 2 N–H and O–H groups in total. The lowest BCUT2D eigenvalue weighted by atomic mass is 10.1. The van der Waals surface area contributed by atoms with Gasteiger partial charge in [-0.3, -0.25) is 0 Å². The van der Waals surface area contributed by atoms with E-state index in [4.69, 9.17) is 14.6 Å². The maximum Gasteiger partial charge on any atom is 0.407 e. The number of hydrogen-bond donors (Lipinski definition) is 2.